The molecule has 0 fully saturated rings. The Morgan fingerprint density at radius 2 is 2.05 bits per heavy atom. The van der Waals surface area contributed by atoms with Crippen molar-refractivity contribution in [2.24, 2.45) is 5.73 Å². The van der Waals surface area contributed by atoms with Crippen LogP contribution >= 0.6 is 0 Å². The third-order valence-corrected chi connectivity index (χ3v) is 3.45. The molecule has 5 nitrogen and oxygen atoms in total. The van der Waals surface area contributed by atoms with Gasteiger partial charge in [-0.3, -0.25) is 4.90 Å². The van der Waals surface area contributed by atoms with Gasteiger partial charge in [0.05, 0.1) is 12.1 Å². The van der Waals surface area contributed by atoms with E-state index >= 15 is 0 Å². The van der Waals surface area contributed by atoms with Gasteiger partial charge in [-0.1, -0.05) is 23.4 Å². The average Bonchev–Trinajstić information content (AvgIpc) is 2.87. The number of hydrogen-bond acceptors (Lipinski definition) is 5. The zero-order valence-electron chi connectivity index (χ0n) is 12.8. The summed E-state index contributed by atoms with van der Waals surface area (Å²) in [7, 11) is 1.88. The van der Waals surface area contributed by atoms with Crippen LogP contribution in [-0.2, 0) is 12.1 Å². The van der Waals surface area contributed by atoms with Crippen LogP contribution in [0.1, 0.15) is 44.1 Å². The van der Waals surface area contributed by atoms with Crippen LogP contribution in [0, 0.1) is 5.82 Å². The van der Waals surface area contributed by atoms with Gasteiger partial charge in [0.2, 0.25) is 5.89 Å². The van der Waals surface area contributed by atoms with Crippen molar-refractivity contribution in [3.05, 3.63) is 47.4 Å². The van der Waals surface area contributed by atoms with Gasteiger partial charge < -0.3 is 10.3 Å². The summed E-state index contributed by atoms with van der Waals surface area (Å²) in [5.41, 5.74) is 5.92. The maximum Gasteiger partial charge on any atom is 0.240 e. The van der Waals surface area contributed by atoms with E-state index in [1.165, 1.54) is 6.07 Å². The zero-order valence-corrected chi connectivity index (χ0v) is 12.8. The van der Waals surface area contributed by atoms with E-state index in [0.717, 1.165) is 0 Å². The molecule has 0 aliphatic heterocycles. The quantitative estimate of drug-likeness (QED) is 0.917. The SMILES string of the molecule is CC(c1ccccc1F)N(C)Cc1nc(C(C)(C)N)no1. The molecule has 0 aliphatic rings. The molecular formula is C15H21FN4O. The highest BCUT2D eigenvalue weighted by atomic mass is 19.1. The third kappa shape index (κ3) is 3.65. The van der Waals surface area contributed by atoms with E-state index in [1.807, 2.05) is 38.8 Å². The molecule has 0 bridgehead atoms. The lowest BCUT2D eigenvalue weighted by Gasteiger charge is -2.23. The predicted molar refractivity (Wildman–Crippen MR) is 77.8 cm³/mol. The summed E-state index contributed by atoms with van der Waals surface area (Å²) in [5.74, 6) is 0.713. The predicted octanol–water partition coefficient (Wildman–Crippen LogP) is 2.60. The zero-order chi connectivity index (χ0) is 15.6. The Kier molecular flexibility index (Phi) is 4.39. The fraction of sp³-hybridized carbons (Fsp3) is 0.467. The topological polar surface area (TPSA) is 68.2 Å². The summed E-state index contributed by atoms with van der Waals surface area (Å²) >= 11 is 0. The molecule has 2 rings (SSSR count). The highest BCUT2D eigenvalue weighted by Gasteiger charge is 2.23. The number of halogens is 1. The van der Waals surface area contributed by atoms with Crippen LogP contribution in [0.25, 0.3) is 0 Å². The molecule has 1 aromatic carbocycles. The molecule has 6 heteroatoms. The molecule has 0 spiro atoms. The van der Waals surface area contributed by atoms with Gasteiger partial charge in [-0.25, -0.2) is 4.39 Å². The molecule has 1 unspecified atom stereocenters. The van der Waals surface area contributed by atoms with Crippen LogP contribution in [0.15, 0.2) is 28.8 Å². The van der Waals surface area contributed by atoms with Crippen LogP contribution < -0.4 is 5.73 Å². The van der Waals surface area contributed by atoms with Gasteiger partial charge in [-0.15, -0.1) is 0 Å². The minimum atomic E-state index is -0.641. The largest absolute Gasteiger partial charge is 0.338 e. The Labute approximate surface area is 123 Å². The van der Waals surface area contributed by atoms with Crippen LogP contribution in [0.2, 0.25) is 0 Å². The Morgan fingerprint density at radius 3 is 2.62 bits per heavy atom. The van der Waals surface area contributed by atoms with Crippen molar-refractivity contribution in [3.63, 3.8) is 0 Å². The maximum absolute atomic E-state index is 13.8. The van der Waals surface area contributed by atoms with Crippen molar-refractivity contribution in [2.45, 2.75) is 38.9 Å². The summed E-state index contributed by atoms with van der Waals surface area (Å²) in [4.78, 5) is 6.23. The van der Waals surface area contributed by atoms with E-state index in [-0.39, 0.29) is 11.9 Å². The summed E-state index contributed by atoms with van der Waals surface area (Å²) in [6.45, 7) is 5.99. The molecule has 1 aromatic heterocycles. The van der Waals surface area contributed by atoms with Gasteiger partial charge in [-0.05, 0) is 33.9 Å². The molecule has 0 saturated heterocycles. The summed E-state index contributed by atoms with van der Waals surface area (Å²) in [6, 6.07) is 6.64. The van der Waals surface area contributed by atoms with E-state index in [2.05, 4.69) is 10.1 Å². The highest BCUT2D eigenvalue weighted by Crippen LogP contribution is 2.23. The molecule has 0 radical (unpaired) electrons. The van der Waals surface area contributed by atoms with Crippen LogP contribution in [0.5, 0.6) is 0 Å². The molecule has 0 saturated carbocycles. The molecule has 1 heterocycles. The fourth-order valence-corrected chi connectivity index (χ4v) is 1.98. The van der Waals surface area contributed by atoms with Crippen molar-refractivity contribution in [2.75, 3.05) is 7.05 Å². The molecule has 0 amide bonds. The lowest BCUT2D eigenvalue weighted by molar-refractivity contribution is 0.212. The first-order valence-electron chi connectivity index (χ1n) is 6.85. The molecule has 2 aromatic rings. The number of rotatable bonds is 5. The molecule has 0 aliphatic carbocycles. The fourth-order valence-electron chi connectivity index (χ4n) is 1.98. The molecule has 21 heavy (non-hydrogen) atoms. The molecule has 2 N–H and O–H groups in total. The van der Waals surface area contributed by atoms with E-state index in [9.17, 15) is 4.39 Å². The van der Waals surface area contributed by atoms with Gasteiger partial charge in [0.25, 0.3) is 0 Å². The lowest BCUT2D eigenvalue weighted by Crippen LogP contribution is -2.30. The highest BCUT2D eigenvalue weighted by molar-refractivity contribution is 5.20. The Bertz CT molecular complexity index is 606. The number of nitrogens with zero attached hydrogens (tertiary/aromatic N) is 3. The van der Waals surface area contributed by atoms with E-state index < -0.39 is 5.54 Å². The monoisotopic (exact) mass is 292 g/mol. The van der Waals surface area contributed by atoms with Crippen LogP contribution in [0.3, 0.4) is 0 Å². The maximum atomic E-state index is 13.8. The normalized spacial score (nSPS) is 13.7. The van der Waals surface area contributed by atoms with Gasteiger partial charge >= 0.3 is 0 Å². The molecular weight excluding hydrogens is 271 g/mol. The summed E-state index contributed by atoms with van der Waals surface area (Å²) in [5, 5.41) is 3.88. The first kappa shape index (κ1) is 15.6. The van der Waals surface area contributed by atoms with Gasteiger partial charge in [0.15, 0.2) is 5.82 Å². The standard InChI is InChI=1S/C15H21FN4O/c1-10(11-7-5-6-8-12(11)16)20(4)9-13-18-14(19-21-13)15(2,3)17/h5-8,10H,9,17H2,1-4H3. The molecule has 1 atom stereocenters. The second-order valence-corrected chi connectivity index (χ2v) is 5.85. The second-order valence-electron chi connectivity index (χ2n) is 5.85. The Balaban J connectivity index is 2.09. The summed E-state index contributed by atoms with van der Waals surface area (Å²) < 4.78 is 19.0. The molecule has 114 valence electrons. The van der Waals surface area contributed by atoms with Gasteiger partial charge in [0, 0.05) is 11.6 Å². The third-order valence-electron chi connectivity index (χ3n) is 3.45. The summed E-state index contributed by atoms with van der Waals surface area (Å²) in [6.07, 6.45) is 0. The number of benzene rings is 1. The minimum absolute atomic E-state index is 0.104. The lowest BCUT2D eigenvalue weighted by atomic mass is 10.1. The van der Waals surface area contributed by atoms with Crippen molar-refractivity contribution in [1.29, 1.82) is 0 Å². The van der Waals surface area contributed by atoms with Crippen molar-refractivity contribution in [1.82, 2.24) is 15.0 Å². The number of hydrogen-bond donors (Lipinski definition) is 1. The van der Waals surface area contributed by atoms with Gasteiger partial charge in [0.1, 0.15) is 5.82 Å². The second kappa shape index (κ2) is 5.91. The van der Waals surface area contributed by atoms with Crippen LogP contribution in [0.4, 0.5) is 4.39 Å². The van der Waals surface area contributed by atoms with Crippen molar-refractivity contribution < 1.29 is 8.91 Å². The first-order valence-corrected chi connectivity index (χ1v) is 6.85. The average molecular weight is 292 g/mol. The van der Waals surface area contributed by atoms with E-state index in [1.54, 1.807) is 12.1 Å². The van der Waals surface area contributed by atoms with Crippen molar-refractivity contribution >= 4 is 0 Å². The van der Waals surface area contributed by atoms with Crippen molar-refractivity contribution in [3.8, 4) is 0 Å². The van der Waals surface area contributed by atoms with Gasteiger partial charge in [-0.2, -0.15) is 4.98 Å². The van der Waals surface area contributed by atoms with Crippen LogP contribution in [-0.4, -0.2) is 22.1 Å². The Morgan fingerprint density at radius 1 is 1.38 bits per heavy atom. The van der Waals surface area contributed by atoms with E-state index in [4.69, 9.17) is 10.3 Å². The first-order chi connectivity index (χ1) is 9.79. The number of nitrogens with two attached hydrogens (primary N) is 1. The Hall–Kier alpha value is -1.79. The smallest absolute Gasteiger partial charge is 0.240 e. The van der Waals surface area contributed by atoms with E-state index in [0.29, 0.717) is 23.8 Å². The number of aromatic nitrogens is 2. The minimum Gasteiger partial charge on any atom is -0.338 e.